The van der Waals surface area contributed by atoms with Crippen molar-refractivity contribution in [3.63, 3.8) is 0 Å². The van der Waals surface area contributed by atoms with E-state index >= 15 is 0 Å². The van der Waals surface area contributed by atoms with E-state index in [1.54, 1.807) is 17.8 Å². The van der Waals surface area contributed by atoms with Crippen LogP contribution in [-0.4, -0.2) is 55.4 Å². The molecule has 2 rings (SSSR count). The van der Waals surface area contributed by atoms with Gasteiger partial charge in [-0.15, -0.1) is 11.8 Å². The second-order valence-corrected chi connectivity index (χ2v) is 7.44. The molecule has 0 radical (unpaired) electrons. The maximum Gasteiger partial charge on any atom is 0.230 e. The zero-order valence-electron chi connectivity index (χ0n) is 13.2. The Bertz CT molecular complexity index is 525. The minimum atomic E-state index is 0.0563. The van der Waals surface area contributed by atoms with Crippen molar-refractivity contribution in [2.75, 3.05) is 38.6 Å². The number of benzene rings is 1. The molecule has 1 aromatic carbocycles. The summed E-state index contributed by atoms with van der Waals surface area (Å²) >= 11 is 13.5. The molecule has 0 saturated carbocycles. The molecule has 1 aliphatic heterocycles. The summed E-state index contributed by atoms with van der Waals surface area (Å²) in [6.07, 6.45) is 0. The van der Waals surface area contributed by atoms with Crippen LogP contribution in [0.25, 0.3) is 0 Å². The topological polar surface area (TPSA) is 41.6 Å². The third kappa shape index (κ3) is 6.89. The maximum absolute atomic E-state index is 12.0. The van der Waals surface area contributed by atoms with E-state index in [0.717, 1.165) is 38.4 Å². The highest BCUT2D eigenvalue weighted by Crippen LogP contribution is 2.24. The Morgan fingerprint density at radius 3 is 2.83 bits per heavy atom. The predicted molar refractivity (Wildman–Crippen MR) is 97.5 cm³/mol. The molecule has 4 nitrogen and oxygen atoms in total. The van der Waals surface area contributed by atoms with E-state index in [1.807, 2.05) is 19.1 Å². The van der Waals surface area contributed by atoms with Gasteiger partial charge in [-0.3, -0.25) is 9.69 Å². The molecule has 1 amide bonds. The average Bonchev–Trinajstić information content (AvgIpc) is 2.50. The standard InChI is InChI=1S/C16H22Cl2N2O2S/c1-12(9-20-4-6-22-7-5-20)19-16(21)11-23-10-13-2-3-14(17)8-15(13)18/h2-3,8,12H,4-7,9-11H2,1H3,(H,19,21). The normalized spacial score (nSPS) is 17.0. The summed E-state index contributed by atoms with van der Waals surface area (Å²) < 4.78 is 5.32. The SMILES string of the molecule is CC(CN1CCOCC1)NC(=O)CSCc1ccc(Cl)cc1Cl. The molecule has 0 bridgehead atoms. The Morgan fingerprint density at radius 1 is 1.39 bits per heavy atom. The van der Waals surface area contributed by atoms with Crippen LogP contribution in [0.4, 0.5) is 0 Å². The Balaban J connectivity index is 1.66. The van der Waals surface area contributed by atoms with Crippen LogP contribution < -0.4 is 5.32 Å². The van der Waals surface area contributed by atoms with Gasteiger partial charge < -0.3 is 10.1 Å². The van der Waals surface area contributed by atoms with Crippen LogP contribution >= 0.6 is 35.0 Å². The first kappa shape index (κ1) is 18.9. The van der Waals surface area contributed by atoms with E-state index in [9.17, 15) is 4.79 Å². The van der Waals surface area contributed by atoms with Gasteiger partial charge in [-0.25, -0.2) is 0 Å². The van der Waals surface area contributed by atoms with Gasteiger partial charge in [-0.05, 0) is 24.6 Å². The van der Waals surface area contributed by atoms with Crippen LogP contribution in [0.5, 0.6) is 0 Å². The number of hydrogen-bond donors (Lipinski definition) is 1. The Morgan fingerprint density at radius 2 is 2.13 bits per heavy atom. The fourth-order valence-corrected chi connectivity index (χ4v) is 3.82. The van der Waals surface area contributed by atoms with Crippen molar-refractivity contribution in [2.45, 2.75) is 18.7 Å². The van der Waals surface area contributed by atoms with Crippen molar-refractivity contribution in [1.29, 1.82) is 0 Å². The monoisotopic (exact) mass is 376 g/mol. The van der Waals surface area contributed by atoms with E-state index in [4.69, 9.17) is 27.9 Å². The number of nitrogens with one attached hydrogen (secondary N) is 1. The highest BCUT2D eigenvalue weighted by molar-refractivity contribution is 7.99. The largest absolute Gasteiger partial charge is 0.379 e. The number of rotatable bonds is 7. The number of nitrogens with zero attached hydrogens (tertiary/aromatic N) is 1. The van der Waals surface area contributed by atoms with Gasteiger partial charge in [0.05, 0.1) is 19.0 Å². The molecular formula is C16H22Cl2N2O2S. The summed E-state index contributed by atoms with van der Waals surface area (Å²) in [5, 5.41) is 4.31. The van der Waals surface area contributed by atoms with Crippen molar-refractivity contribution in [1.82, 2.24) is 10.2 Å². The molecule has 1 saturated heterocycles. The lowest BCUT2D eigenvalue weighted by Crippen LogP contribution is -2.46. The van der Waals surface area contributed by atoms with Gasteiger partial charge in [0, 0.05) is 41.5 Å². The molecule has 1 fully saturated rings. The number of amides is 1. The Kier molecular flexibility index (Phi) is 7.99. The van der Waals surface area contributed by atoms with E-state index in [1.165, 1.54) is 0 Å². The number of morpholine rings is 1. The highest BCUT2D eigenvalue weighted by Gasteiger charge is 2.15. The highest BCUT2D eigenvalue weighted by atomic mass is 35.5. The molecule has 0 spiro atoms. The lowest BCUT2D eigenvalue weighted by Gasteiger charge is -2.29. The smallest absolute Gasteiger partial charge is 0.230 e. The Hall–Kier alpha value is -0.460. The lowest BCUT2D eigenvalue weighted by atomic mass is 10.2. The molecule has 1 aliphatic rings. The van der Waals surface area contributed by atoms with Crippen LogP contribution in [0.2, 0.25) is 10.0 Å². The third-order valence-electron chi connectivity index (χ3n) is 3.55. The molecule has 1 heterocycles. The van der Waals surface area contributed by atoms with Gasteiger partial charge in [-0.2, -0.15) is 0 Å². The molecule has 7 heteroatoms. The van der Waals surface area contributed by atoms with Gasteiger partial charge in [0.25, 0.3) is 0 Å². The summed E-state index contributed by atoms with van der Waals surface area (Å²) in [5.41, 5.74) is 0.996. The van der Waals surface area contributed by atoms with E-state index < -0.39 is 0 Å². The predicted octanol–water partition coefficient (Wildman–Crippen LogP) is 3.06. The summed E-state index contributed by atoms with van der Waals surface area (Å²) in [4.78, 5) is 14.3. The zero-order valence-corrected chi connectivity index (χ0v) is 15.5. The first-order valence-electron chi connectivity index (χ1n) is 7.65. The molecule has 1 aromatic rings. The number of ether oxygens (including phenoxy) is 1. The van der Waals surface area contributed by atoms with Crippen molar-refractivity contribution in [2.24, 2.45) is 0 Å². The summed E-state index contributed by atoms with van der Waals surface area (Å²) in [6, 6.07) is 5.58. The lowest BCUT2D eigenvalue weighted by molar-refractivity contribution is -0.119. The summed E-state index contributed by atoms with van der Waals surface area (Å²) in [6.45, 7) is 6.32. The maximum atomic E-state index is 12.0. The van der Waals surface area contributed by atoms with E-state index in [0.29, 0.717) is 21.6 Å². The Labute approximate surface area is 151 Å². The second-order valence-electron chi connectivity index (χ2n) is 5.61. The van der Waals surface area contributed by atoms with E-state index in [-0.39, 0.29) is 11.9 Å². The first-order valence-corrected chi connectivity index (χ1v) is 9.57. The second kappa shape index (κ2) is 9.74. The molecular weight excluding hydrogens is 355 g/mol. The van der Waals surface area contributed by atoms with Crippen molar-refractivity contribution < 1.29 is 9.53 Å². The zero-order chi connectivity index (χ0) is 16.7. The molecule has 0 aliphatic carbocycles. The molecule has 1 N–H and O–H groups in total. The average molecular weight is 377 g/mol. The van der Waals surface area contributed by atoms with Crippen molar-refractivity contribution in [3.8, 4) is 0 Å². The van der Waals surface area contributed by atoms with Gasteiger partial charge in [0.2, 0.25) is 5.91 Å². The molecule has 1 unspecified atom stereocenters. The van der Waals surface area contributed by atoms with Gasteiger partial charge in [0.1, 0.15) is 0 Å². The van der Waals surface area contributed by atoms with Crippen LogP contribution in [0.15, 0.2) is 18.2 Å². The van der Waals surface area contributed by atoms with Crippen LogP contribution in [0, 0.1) is 0 Å². The van der Waals surface area contributed by atoms with Gasteiger partial charge in [0.15, 0.2) is 0 Å². The molecule has 128 valence electrons. The molecule has 0 aromatic heterocycles. The fraction of sp³-hybridized carbons (Fsp3) is 0.562. The first-order chi connectivity index (χ1) is 11.0. The van der Waals surface area contributed by atoms with Crippen molar-refractivity contribution in [3.05, 3.63) is 33.8 Å². The minimum absolute atomic E-state index is 0.0563. The van der Waals surface area contributed by atoms with Crippen LogP contribution in [0.1, 0.15) is 12.5 Å². The number of hydrogen-bond acceptors (Lipinski definition) is 4. The fourth-order valence-electron chi connectivity index (χ4n) is 2.43. The van der Waals surface area contributed by atoms with Crippen LogP contribution in [-0.2, 0) is 15.3 Å². The number of halogens is 2. The van der Waals surface area contributed by atoms with Gasteiger partial charge >= 0.3 is 0 Å². The summed E-state index contributed by atoms with van der Waals surface area (Å²) in [5.74, 6) is 1.18. The van der Waals surface area contributed by atoms with Crippen LogP contribution in [0.3, 0.4) is 0 Å². The van der Waals surface area contributed by atoms with Crippen molar-refractivity contribution >= 4 is 40.9 Å². The van der Waals surface area contributed by atoms with Gasteiger partial charge in [-0.1, -0.05) is 29.3 Å². The summed E-state index contributed by atoms with van der Waals surface area (Å²) in [7, 11) is 0. The number of carbonyl (C=O) groups is 1. The molecule has 23 heavy (non-hydrogen) atoms. The van der Waals surface area contributed by atoms with E-state index in [2.05, 4.69) is 10.2 Å². The number of carbonyl (C=O) groups excluding carboxylic acids is 1. The molecule has 1 atom stereocenters. The minimum Gasteiger partial charge on any atom is -0.379 e. The number of thioether (sulfide) groups is 1. The third-order valence-corrected chi connectivity index (χ3v) is 5.12. The quantitative estimate of drug-likeness (QED) is 0.793.